The molecule has 2 aromatic rings. The number of benzene rings is 2. The number of nitrogens with one attached hydrogen (secondary N) is 1. The summed E-state index contributed by atoms with van der Waals surface area (Å²) in [5, 5.41) is 12.8. The molecule has 0 atom stereocenters. The molecule has 0 radical (unpaired) electrons. The SMILES string of the molecule is CCN(CCC#N)c1ccc(/C=N\NC(=O)c2ccc(N)cc2)c(C)c1. The Labute approximate surface area is 153 Å². The van der Waals surface area contributed by atoms with Crippen LogP contribution in [-0.4, -0.2) is 25.2 Å². The number of anilines is 2. The molecule has 0 spiro atoms. The van der Waals surface area contributed by atoms with E-state index in [0.29, 0.717) is 24.2 Å². The summed E-state index contributed by atoms with van der Waals surface area (Å²) in [5.74, 6) is -0.288. The Hall–Kier alpha value is -3.33. The van der Waals surface area contributed by atoms with Crippen molar-refractivity contribution in [1.29, 1.82) is 5.26 Å². The summed E-state index contributed by atoms with van der Waals surface area (Å²) < 4.78 is 0. The van der Waals surface area contributed by atoms with Gasteiger partial charge in [-0.25, -0.2) is 5.43 Å². The number of amides is 1. The van der Waals surface area contributed by atoms with Crippen LogP contribution in [0.5, 0.6) is 0 Å². The fourth-order valence-electron chi connectivity index (χ4n) is 2.52. The predicted octanol–water partition coefficient (Wildman–Crippen LogP) is 3.08. The number of carbonyl (C=O) groups is 1. The molecule has 1 amide bonds. The van der Waals surface area contributed by atoms with Crippen LogP contribution < -0.4 is 16.1 Å². The van der Waals surface area contributed by atoms with Crippen molar-refractivity contribution in [2.45, 2.75) is 20.3 Å². The first-order valence-electron chi connectivity index (χ1n) is 8.46. The average molecular weight is 349 g/mol. The molecule has 0 saturated heterocycles. The van der Waals surface area contributed by atoms with Crippen LogP contribution in [0.3, 0.4) is 0 Å². The standard InChI is InChI=1S/C20H23N5O/c1-3-25(12-4-11-21)19-10-7-17(15(2)13-19)14-23-24-20(26)16-5-8-18(22)9-6-16/h5-10,13-14H,3-4,12,22H2,1-2H3,(H,24,26)/b23-14-. The Kier molecular flexibility index (Phi) is 6.75. The fraction of sp³-hybridized carbons (Fsp3) is 0.250. The first-order chi connectivity index (χ1) is 12.5. The third-order valence-corrected chi connectivity index (χ3v) is 4.04. The Morgan fingerprint density at radius 3 is 2.65 bits per heavy atom. The van der Waals surface area contributed by atoms with Crippen molar-refractivity contribution in [3.8, 4) is 6.07 Å². The van der Waals surface area contributed by atoms with E-state index in [1.807, 2.05) is 19.1 Å². The monoisotopic (exact) mass is 349 g/mol. The summed E-state index contributed by atoms with van der Waals surface area (Å²) in [6, 6.07) is 14.8. The largest absolute Gasteiger partial charge is 0.399 e. The van der Waals surface area contributed by atoms with Crippen LogP contribution in [0.2, 0.25) is 0 Å². The summed E-state index contributed by atoms with van der Waals surface area (Å²) in [4.78, 5) is 14.2. The van der Waals surface area contributed by atoms with Crippen LogP contribution in [0.15, 0.2) is 47.6 Å². The Bertz CT molecular complexity index is 821. The molecule has 0 aliphatic heterocycles. The molecule has 0 saturated carbocycles. The molecule has 26 heavy (non-hydrogen) atoms. The van der Waals surface area contributed by atoms with Crippen molar-refractivity contribution in [3.63, 3.8) is 0 Å². The zero-order valence-corrected chi connectivity index (χ0v) is 15.1. The maximum atomic E-state index is 12.0. The van der Waals surface area contributed by atoms with Crippen molar-refractivity contribution >= 4 is 23.5 Å². The number of nitrogens with zero attached hydrogens (tertiary/aromatic N) is 3. The minimum atomic E-state index is -0.288. The van der Waals surface area contributed by atoms with Crippen molar-refractivity contribution < 1.29 is 4.79 Å². The van der Waals surface area contributed by atoms with Gasteiger partial charge in [-0.2, -0.15) is 10.4 Å². The molecular formula is C20H23N5O. The first-order valence-corrected chi connectivity index (χ1v) is 8.46. The molecule has 0 aliphatic carbocycles. The Morgan fingerprint density at radius 2 is 2.04 bits per heavy atom. The lowest BCUT2D eigenvalue weighted by atomic mass is 10.1. The normalized spacial score (nSPS) is 10.5. The van der Waals surface area contributed by atoms with E-state index in [9.17, 15) is 4.79 Å². The smallest absolute Gasteiger partial charge is 0.271 e. The quantitative estimate of drug-likeness (QED) is 0.456. The second kappa shape index (κ2) is 9.23. The third kappa shape index (κ3) is 5.08. The Morgan fingerprint density at radius 1 is 1.31 bits per heavy atom. The van der Waals surface area contributed by atoms with Gasteiger partial charge in [0.05, 0.1) is 18.7 Å². The van der Waals surface area contributed by atoms with E-state index in [2.05, 4.69) is 34.5 Å². The van der Waals surface area contributed by atoms with E-state index in [-0.39, 0.29) is 5.91 Å². The number of hydrogen-bond donors (Lipinski definition) is 2. The second-order valence-corrected chi connectivity index (χ2v) is 5.85. The van der Waals surface area contributed by atoms with E-state index in [1.54, 1.807) is 30.5 Å². The van der Waals surface area contributed by atoms with Crippen molar-refractivity contribution in [2.75, 3.05) is 23.7 Å². The van der Waals surface area contributed by atoms with Crippen molar-refractivity contribution in [3.05, 3.63) is 59.2 Å². The van der Waals surface area contributed by atoms with Gasteiger partial charge in [0.25, 0.3) is 5.91 Å². The summed E-state index contributed by atoms with van der Waals surface area (Å²) >= 11 is 0. The van der Waals surface area contributed by atoms with Crippen LogP contribution in [-0.2, 0) is 0 Å². The molecule has 3 N–H and O–H groups in total. The van der Waals surface area contributed by atoms with Crippen LogP contribution in [0.1, 0.15) is 34.8 Å². The van der Waals surface area contributed by atoms with Crippen LogP contribution in [0.25, 0.3) is 0 Å². The molecule has 0 heterocycles. The van der Waals surface area contributed by atoms with Gasteiger partial charge in [-0.15, -0.1) is 0 Å². The van der Waals surface area contributed by atoms with Gasteiger partial charge >= 0.3 is 0 Å². The van der Waals surface area contributed by atoms with Gasteiger partial charge < -0.3 is 10.6 Å². The zero-order valence-electron chi connectivity index (χ0n) is 15.1. The maximum Gasteiger partial charge on any atom is 0.271 e. The van der Waals surface area contributed by atoms with Gasteiger partial charge in [0, 0.05) is 30.0 Å². The first kappa shape index (κ1) is 19.0. The number of nitriles is 1. The van der Waals surface area contributed by atoms with Gasteiger partial charge in [-0.3, -0.25) is 4.79 Å². The van der Waals surface area contributed by atoms with Gasteiger partial charge in [0.15, 0.2) is 0 Å². The van der Waals surface area contributed by atoms with Crippen LogP contribution >= 0.6 is 0 Å². The number of hydrogen-bond acceptors (Lipinski definition) is 5. The van der Waals surface area contributed by atoms with Crippen molar-refractivity contribution in [2.24, 2.45) is 5.10 Å². The number of nitrogen functional groups attached to an aromatic ring is 1. The highest BCUT2D eigenvalue weighted by molar-refractivity contribution is 5.95. The topological polar surface area (TPSA) is 94.5 Å². The minimum absolute atomic E-state index is 0.288. The molecule has 2 aromatic carbocycles. The van der Waals surface area contributed by atoms with Gasteiger partial charge in [-0.1, -0.05) is 6.07 Å². The van der Waals surface area contributed by atoms with Gasteiger partial charge in [-0.05, 0) is 61.4 Å². The van der Waals surface area contributed by atoms with Crippen molar-refractivity contribution in [1.82, 2.24) is 5.43 Å². The van der Waals surface area contributed by atoms with Gasteiger partial charge in [0.2, 0.25) is 0 Å². The second-order valence-electron chi connectivity index (χ2n) is 5.85. The summed E-state index contributed by atoms with van der Waals surface area (Å²) in [7, 11) is 0. The number of hydrazone groups is 1. The predicted molar refractivity (Wildman–Crippen MR) is 105 cm³/mol. The molecule has 134 valence electrons. The van der Waals surface area contributed by atoms with E-state index in [4.69, 9.17) is 11.0 Å². The lowest BCUT2D eigenvalue weighted by Gasteiger charge is -2.22. The summed E-state index contributed by atoms with van der Waals surface area (Å²) in [6.45, 7) is 5.60. The van der Waals surface area contributed by atoms with Crippen LogP contribution in [0, 0.1) is 18.3 Å². The highest BCUT2D eigenvalue weighted by Crippen LogP contribution is 2.18. The summed E-state index contributed by atoms with van der Waals surface area (Å²) in [6.07, 6.45) is 2.12. The Balaban J connectivity index is 2.03. The molecule has 0 bridgehead atoms. The van der Waals surface area contributed by atoms with Crippen LogP contribution in [0.4, 0.5) is 11.4 Å². The highest BCUT2D eigenvalue weighted by Gasteiger charge is 2.06. The lowest BCUT2D eigenvalue weighted by molar-refractivity contribution is 0.0955. The zero-order chi connectivity index (χ0) is 18.9. The molecule has 0 aromatic heterocycles. The van der Waals surface area contributed by atoms with E-state index in [0.717, 1.165) is 23.4 Å². The summed E-state index contributed by atoms with van der Waals surface area (Å²) in [5.41, 5.74) is 12.3. The minimum Gasteiger partial charge on any atom is -0.399 e. The average Bonchev–Trinajstić information content (AvgIpc) is 2.64. The molecule has 2 rings (SSSR count). The van der Waals surface area contributed by atoms with E-state index in [1.165, 1.54) is 0 Å². The number of rotatable bonds is 7. The number of aryl methyl sites for hydroxylation is 1. The van der Waals surface area contributed by atoms with E-state index >= 15 is 0 Å². The molecule has 6 heteroatoms. The molecule has 0 aliphatic rings. The van der Waals surface area contributed by atoms with Gasteiger partial charge in [0.1, 0.15) is 0 Å². The molecule has 0 fully saturated rings. The van der Waals surface area contributed by atoms with E-state index < -0.39 is 0 Å². The number of carbonyl (C=O) groups excluding carboxylic acids is 1. The third-order valence-electron chi connectivity index (χ3n) is 4.04. The maximum absolute atomic E-state index is 12.0. The lowest BCUT2D eigenvalue weighted by Crippen LogP contribution is -2.23. The molecule has 6 nitrogen and oxygen atoms in total. The number of nitrogens with two attached hydrogens (primary N) is 1. The molecular weight excluding hydrogens is 326 g/mol. The highest BCUT2D eigenvalue weighted by atomic mass is 16.2. The molecule has 0 unspecified atom stereocenters. The fourth-order valence-corrected chi connectivity index (χ4v) is 2.52.